The van der Waals surface area contributed by atoms with E-state index in [1.165, 1.54) is 0 Å². The number of methoxy groups -OCH3 is 1. The SMILES string of the molecule is COc1cc(N2CCCc3cc(-c4cnn(C5CCN(c6ccc7c(c6)C(=O)N(C6CCC(=O)NC6=O)C7=O)CC5)c4)c(C(F)F)cc32)c2cc(C)c(=O)n(C)c2c1. The number of imide groups is 2. The van der Waals surface area contributed by atoms with Gasteiger partial charge < -0.3 is 19.1 Å². The van der Waals surface area contributed by atoms with E-state index in [4.69, 9.17) is 4.74 Å². The molecule has 6 heterocycles. The van der Waals surface area contributed by atoms with Gasteiger partial charge in [-0.05, 0) is 86.6 Å². The molecule has 298 valence electrons. The first-order valence-electron chi connectivity index (χ1n) is 19.5. The largest absolute Gasteiger partial charge is 0.497 e. The van der Waals surface area contributed by atoms with Crippen LogP contribution >= 0.6 is 0 Å². The molecule has 58 heavy (non-hydrogen) atoms. The lowest BCUT2D eigenvalue weighted by molar-refractivity contribution is -0.136. The maximum atomic E-state index is 15.0. The highest BCUT2D eigenvalue weighted by Gasteiger charge is 2.45. The fourth-order valence-electron chi connectivity index (χ4n) is 9.07. The fourth-order valence-corrected chi connectivity index (χ4v) is 9.07. The number of hydrogen-bond donors (Lipinski definition) is 1. The van der Waals surface area contributed by atoms with E-state index in [1.54, 1.807) is 56.1 Å². The first kappa shape index (κ1) is 37.2. The zero-order valence-corrected chi connectivity index (χ0v) is 32.3. The highest BCUT2D eigenvalue weighted by molar-refractivity contribution is 6.23. The van der Waals surface area contributed by atoms with Crippen molar-refractivity contribution in [2.75, 3.05) is 36.5 Å². The van der Waals surface area contributed by atoms with Crippen LogP contribution in [0.3, 0.4) is 0 Å². The van der Waals surface area contributed by atoms with Gasteiger partial charge in [-0.25, -0.2) is 8.78 Å². The number of nitrogens with one attached hydrogen (secondary N) is 1. The number of aromatic nitrogens is 3. The van der Waals surface area contributed by atoms with E-state index in [-0.39, 0.29) is 41.1 Å². The van der Waals surface area contributed by atoms with Crippen LogP contribution in [0.15, 0.2) is 65.7 Å². The predicted molar refractivity (Wildman–Crippen MR) is 212 cm³/mol. The zero-order valence-electron chi connectivity index (χ0n) is 32.3. The summed E-state index contributed by atoms with van der Waals surface area (Å²) in [7, 11) is 3.28. The number of nitrogens with zero attached hydrogens (tertiary/aromatic N) is 6. The molecule has 9 rings (SSSR count). The number of piperidine rings is 2. The summed E-state index contributed by atoms with van der Waals surface area (Å²) >= 11 is 0. The number of halogens is 2. The molecule has 3 aromatic carbocycles. The summed E-state index contributed by atoms with van der Waals surface area (Å²) in [6.45, 7) is 3.63. The smallest absolute Gasteiger partial charge is 0.264 e. The summed E-state index contributed by atoms with van der Waals surface area (Å²) in [5.41, 5.74) is 5.79. The Bertz CT molecular complexity index is 2630. The van der Waals surface area contributed by atoms with E-state index in [9.17, 15) is 32.8 Å². The minimum absolute atomic E-state index is 0.00883. The summed E-state index contributed by atoms with van der Waals surface area (Å²) in [4.78, 5) is 68.7. The number of hydrogen-bond acceptors (Lipinski definition) is 9. The molecule has 4 aliphatic heterocycles. The molecule has 0 bridgehead atoms. The van der Waals surface area contributed by atoms with Crippen LogP contribution in [0.5, 0.6) is 5.75 Å². The minimum Gasteiger partial charge on any atom is -0.497 e. The van der Waals surface area contributed by atoms with Gasteiger partial charge in [0.15, 0.2) is 0 Å². The second-order valence-electron chi connectivity index (χ2n) is 15.5. The predicted octanol–water partition coefficient (Wildman–Crippen LogP) is 5.98. The first-order chi connectivity index (χ1) is 27.9. The second kappa shape index (κ2) is 14.2. The van der Waals surface area contributed by atoms with E-state index < -0.39 is 36.1 Å². The number of alkyl halides is 2. The molecule has 5 aromatic rings. The lowest BCUT2D eigenvalue weighted by Crippen LogP contribution is -2.54. The summed E-state index contributed by atoms with van der Waals surface area (Å²) in [5, 5.41) is 7.71. The second-order valence-corrected chi connectivity index (χ2v) is 15.5. The number of carbonyl (C=O) groups excluding carboxylic acids is 4. The Morgan fingerprint density at radius 2 is 1.64 bits per heavy atom. The van der Waals surface area contributed by atoms with Crippen LogP contribution < -0.4 is 25.4 Å². The molecular weight excluding hydrogens is 749 g/mol. The van der Waals surface area contributed by atoms with Crippen molar-refractivity contribution in [3.05, 3.63) is 99.1 Å². The van der Waals surface area contributed by atoms with Crippen LogP contribution in [-0.4, -0.2) is 75.7 Å². The Kier molecular flexibility index (Phi) is 9.12. The van der Waals surface area contributed by atoms with Gasteiger partial charge in [0.05, 0.1) is 41.7 Å². The number of fused-ring (bicyclic) bond motifs is 3. The maximum absolute atomic E-state index is 15.0. The third-order valence-electron chi connectivity index (χ3n) is 12.1. The van der Waals surface area contributed by atoms with E-state index in [0.717, 1.165) is 33.6 Å². The Morgan fingerprint density at radius 3 is 2.38 bits per heavy atom. The monoisotopic (exact) mass is 789 g/mol. The van der Waals surface area contributed by atoms with E-state index in [1.807, 2.05) is 35.1 Å². The molecule has 0 saturated carbocycles. The van der Waals surface area contributed by atoms with Crippen molar-refractivity contribution in [3.8, 4) is 16.9 Å². The Balaban J connectivity index is 0.947. The van der Waals surface area contributed by atoms with Crippen LogP contribution in [0.25, 0.3) is 22.0 Å². The first-order valence-corrected chi connectivity index (χ1v) is 19.5. The van der Waals surface area contributed by atoms with Crippen LogP contribution in [0.4, 0.5) is 25.8 Å². The Labute approximate surface area is 331 Å². The molecule has 2 aromatic heterocycles. The number of carbonyl (C=O) groups is 4. The summed E-state index contributed by atoms with van der Waals surface area (Å²) in [6, 6.07) is 13.1. The zero-order chi connectivity index (χ0) is 40.6. The average Bonchev–Trinajstić information content (AvgIpc) is 3.81. The number of anilines is 3. The lowest BCUT2D eigenvalue weighted by Gasteiger charge is -2.34. The number of ether oxygens (including phenoxy) is 1. The number of amides is 4. The third-order valence-corrected chi connectivity index (χ3v) is 12.1. The Hall–Kier alpha value is -6.38. The molecule has 1 N–H and O–H groups in total. The van der Waals surface area contributed by atoms with E-state index >= 15 is 0 Å². The molecule has 4 amide bonds. The van der Waals surface area contributed by atoms with E-state index in [0.29, 0.717) is 72.5 Å². The van der Waals surface area contributed by atoms with Gasteiger partial charge in [0.2, 0.25) is 11.8 Å². The van der Waals surface area contributed by atoms with E-state index in [2.05, 4.69) is 20.2 Å². The van der Waals surface area contributed by atoms with Crippen molar-refractivity contribution in [1.29, 1.82) is 0 Å². The van der Waals surface area contributed by atoms with Crippen molar-refractivity contribution in [1.82, 2.24) is 24.6 Å². The molecule has 2 saturated heterocycles. The van der Waals surface area contributed by atoms with Crippen LogP contribution in [0.2, 0.25) is 0 Å². The van der Waals surface area contributed by atoms with Gasteiger partial charge in [-0.3, -0.25) is 38.9 Å². The summed E-state index contributed by atoms with van der Waals surface area (Å²) in [5.74, 6) is -1.61. The molecule has 15 heteroatoms. The summed E-state index contributed by atoms with van der Waals surface area (Å²) < 4.78 is 39.1. The highest BCUT2D eigenvalue weighted by Crippen LogP contribution is 2.44. The van der Waals surface area contributed by atoms with Crippen molar-refractivity contribution < 1.29 is 32.7 Å². The van der Waals surface area contributed by atoms with Crippen molar-refractivity contribution in [2.24, 2.45) is 7.05 Å². The number of pyridine rings is 1. The van der Waals surface area contributed by atoms with Gasteiger partial charge in [-0.2, -0.15) is 5.10 Å². The molecule has 2 fully saturated rings. The average molecular weight is 790 g/mol. The number of benzene rings is 3. The standard InChI is InChI=1S/C43H41F2N7O6/c1-23-15-33-36(48(2)41(23)55)18-28(58-3)19-37(33)50-12-4-5-24-16-30(31(39(44)45)20-35(24)50)25-21-46-51(22-25)26-10-13-49(14-11-26)27-6-7-29-32(17-27)43(57)52(42(29)56)34-8-9-38(53)47-40(34)54/h6-7,15-22,26,34,39H,4-5,8-14H2,1-3H3,(H,47,53,54). The Morgan fingerprint density at radius 1 is 0.862 bits per heavy atom. The molecule has 13 nitrogen and oxygen atoms in total. The topological polar surface area (TPSA) is 139 Å². The molecule has 1 unspecified atom stereocenters. The molecule has 0 spiro atoms. The van der Waals surface area contributed by atoms with Gasteiger partial charge >= 0.3 is 0 Å². The molecule has 4 aliphatic rings. The van der Waals surface area contributed by atoms with Crippen molar-refractivity contribution in [2.45, 2.75) is 64.0 Å². The molecule has 0 radical (unpaired) electrons. The van der Waals surface area contributed by atoms with Crippen molar-refractivity contribution in [3.63, 3.8) is 0 Å². The van der Waals surface area contributed by atoms with Gasteiger partial charge in [0.25, 0.3) is 23.8 Å². The quantitative estimate of drug-likeness (QED) is 0.197. The number of rotatable bonds is 7. The molecule has 0 aliphatic carbocycles. The van der Waals surface area contributed by atoms with Gasteiger partial charge in [-0.15, -0.1) is 0 Å². The van der Waals surface area contributed by atoms with Gasteiger partial charge in [-0.1, -0.05) is 0 Å². The fraction of sp³-hybridized carbons (Fsp3) is 0.349. The molecule has 1 atom stereocenters. The maximum Gasteiger partial charge on any atom is 0.264 e. The van der Waals surface area contributed by atoms with Crippen molar-refractivity contribution >= 4 is 51.6 Å². The highest BCUT2D eigenvalue weighted by atomic mass is 19.3. The van der Waals surface area contributed by atoms with Crippen LogP contribution in [0, 0.1) is 6.92 Å². The number of aryl methyl sites for hydroxylation is 3. The van der Waals surface area contributed by atoms with Crippen LogP contribution in [0.1, 0.15) is 82.0 Å². The third kappa shape index (κ3) is 6.10. The minimum atomic E-state index is -2.74. The van der Waals surface area contributed by atoms with Crippen LogP contribution in [-0.2, 0) is 23.1 Å². The normalized spacial score (nSPS) is 18.7. The van der Waals surface area contributed by atoms with Gasteiger partial charge in [0.1, 0.15) is 11.8 Å². The lowest BCUT2D eigenvalue weighted by atomic mass is 9.92. The summed E-state index contributed by atoms with van der Waals surface area (Å²) in [6.07, 6.45) is 3.81. The molecular formula is C43H41F2N7O6. The van der Waals surface area contributed by atoms with Gasteiger partial charge in [0, 0.05) is 84.9 Å².